The molecule has 2 aromatic rings. The van der Waals surface area contributed by atoms with Crippen LogP contribution in [0.3, 0.4) is 0 Å². The molecule has 6 heteroatoms. The Hall–Kier alpha value is -2.08. The predicted molar refractivity (Wildman–Crippen MR) is 84.3 cm³/mol. The van der Waals surface area contributed by atoms with Gasteiger partial charge in [0.25, 0.3) is 10.0 Å². The van der Waals surface area contributed by atoms with Gasteiger partial charge in [0, 0.05) is 0 Å². The van der Waals surface area contributed by atoms with Crippen molar-refractivity contribution in [2.45, 2.75) is 25.2 Å². The zero-order chi connectivity index (χ0) is 16.3. The number of hydrogen-bond acceptors (Lipinski definition) is 3. The van der Waals surface area contributed by atoms with E-state index in [4.69, 9.17) is 4.74 Å². The van der Waals surface area contributed by atoms with Crippen molar-refractivity contribution in [1.82, 2.24) is 0 Å². The normalized spacial score (nSPS) is 11.3. The summed E-state index contributed by atoms with van der Waals surface area (Å²) in [6.07, 6.45) is 0.680. The Kier molecular flexibility index (Phi) is 4.71. The van der Waals surface area contributed by atoms with Crippen LogP contribution in [-0.2, 0) is 16.4 Å². The first-order valence-electron chi connectivity index (χ1n) is 6.84. The summed E-state index contributed by atoms with van der Waals surface area (Å²) in [4.78, 5) is -0.222. The molecule has 0 saturated carbocycles. The van der Waals surface area contributed by atoms with Gasteiger partial charge in [-0.05, 0) is 42.7 Å². The lowest BCUT2D eigenvalue weighted by atomic mass is 10.1. The van der Waals surface area contributed by atoms with Gasteiger partial charge in [0.1, 0.15) is 16.5 Å². The van der Waals surface area contributed by atoms with E-state index < -0.39 is 15.8 Å². The summed E-state index contributed by atoms with van der Waals surface area (Å²) in [6, 6.07) is 8.94. The fourth-order valence-electron chi connectivity index (χ4n) is 2.22. The first-order chi connectivity index (χ1) is 10.4. The largest absolute Gasteiger partial charge is 0.495 e. The number of ether oxygens (including phenoxy) is 1. The maximum absolute atomic E-state index is 13.4. The first-order valence-corrected chi connectivity index (χ1v) is 8.32. The minimum Gasteiger partial charge on any atom is -0.495 e. The molecule has 0 aliphatic rings. The van der Waals surface area contributed by atoms with Crippen LogP contribution < -0.4 is 9.46 Å². The van der Waals surface area contributed by atoms with Crippen LogP contribution in [0.5, 0.6) is 5.75 Å². The van der Waals surface area contributed by atoms with Crippen LogP contribution in [0.4, 0.5) is 10.1 Å². The van der Waals surface area contributed by atoms with Gasteiger partial charge < -0.3 is 4.74 Å². The van der Waals surface area contributed by atoms with Crippen molar-refractivity contribution in [3.8, 4) is 5.75 Å². The average molecular weight is 323 g/mol. The Labute approximate surface area is 130 Å². The van der Waals surface area contributed by atoms with E-state index in [0.717, 1.165) is 23.3 Å². The van der Waals surface area contributed by atoms with Crippen LogP contribution in [0.2, 0.25) is 0 Å². The molecule has 0 radical (unpaired) electrons. The lowest BCUT2D eigenvalue weighted by Crippen LogP contribution is -2.16. The summed E-state index contributed by atoms with van der Waals surface area (Å²) < 4.78 is 46.2. The molecule has 0 atom stereocenters. The Morgan fingerprint density at radius 1 is 1.23 bits per heavy atom. The van der Waals surface area contributed by atoms with Crippen LogP contribution in [-0.4, -0.2) is 15.5 Å². The van der Waals surface area contributed by atoms with E-state index in [1.165, 1.54) is 13.2 Å². The van der Waals surface area contributed by atoms with Gasteiger partial charge in [0.05, 0.1) is 12.8 Å². The van der Waals surface area contributed by atoms with E-state index in [-0.39, 0.29) is 10.6 Å². The number of methoxy groups -OCH3 is 1. The van der Waals surface area contributed by atoms with Crippen molar-refractivity contribution in [3.05, 3.63) is 53.3 Å². The number of aryl methyl sites for hydroxylation is 2. The Bertz CT molecular complexity index is 788. The number of halogens is 1. The zero-order valence-electron chi connectivity index (χ0n) is 12.7. The minimum atomic E-state index is -3.95. The Morgan fingerprint density at radius 3 is 2.59 bits per heavy atom. The quantitative estimate of drug-likeness (QED) is 0.916. The highest BCUT2D eigenvalue weighted by Gasteiger charge is 2.22. The molecule has 22 heavy (non-hydrogen) atoms. The standard InChI is InChI=1S/C16H18FNO3S/c1-4-12-7-5-6-11(2)16(12)18-22(19,20)15-10-13(17)8-9-14(15)21-3/h5-10,18H,4H2,1-3H3. The molecule has 0 saturated heterocycles. The summed E-state index contributed by atoms with van der Waals surface area (Å²) in [7, 11) is -2.60. The third-order valence-electron chi connectivity index (χ3n) is 3.39. The Morgan fingerprint density at radius 2 is 1.95 bits per heavy atom. The summed E-state index contributed by atoms with van der Waals surface area (Å²) in [5, 5.41) is 0. The molecule has 0 spiro atoms. The second-order valence-electron chi connectivity index (χ2n) is 4.86. The van der Waals surface area contributed by atoms with E-state index >= 15 is 0 Å². The molecule has 0 fully saturated rings. The van der Waals surface area contributed by atoms with E-state index in [0.29, 0.717) is 12.1 Å². The number of hydrogen-bond donors (Lipinski definition) is 1. The molecule has 0 aromatic heterocycles. The molecule has 0 bridgehead atoms. The van der Waals surface area contributed by atoms with Gasteiger partial charge in [0.15, 0.2) is 0 Å². The average Bonchev–Trinajstić information content (AvgIpc) is 2.49. The molecule has 0 unspecified atom stereocenters. The van der Waals surface area contributed by atoms with Crippen LogP contribution in [0.15, 0.2) is 41.3 Å². The fraction of sp³-hybridized carbons (Fsp3) is 0.250. The van der Waals surface area contributed by atoms with E-state index in [1.54, 1.807) is 0 Å². The molecule has 0 aliphatic carbocycles. The third kappa shape index (κ3) is 3.22. The van der Waals surface area contributed by atoms with E-state index in [1.807, 2.05) is 32.0 Å². The molecule has 1 N–H and O–H groups in total. The highest BCUT2D eigenvalue weighted by molar-refractivity contribution is 7.92. The molecule has 0 amide bonds. The summed E-state index contributed by atoms with van der Waals surface area (Å²) in [6.45, 7) is 3.76. The molecule has 2 rings (SSSR count). The van der Waals surface area contributed by atoms with Crippen LogP contribution in [0, 0.1) is 12.7 Å². The number of sulfonamides is 1. The van der Waals surface area contributed by atoms with Gasteiger partial charge in [-0.15, -0.1) is 0 Å². The van der Waals surface area contributed by atoms with Gasteiger partial charge in [-0.1, -0.05) is 25.1 Å². The van der Waals surface area contributed by atoms with Crippen molar-refractivity contribution in [2.24, 2.45) is 0 Å². The van der Waals surface area contributed by atoms with Crippen molar-refractivity contribution in [1.29, 1.82) is 0 Å². The van der Waals surface area contributed by atoms with Crippen molar-refractivity contribution in [2.75, 3.05) is 11.8 Å². The van der Waals surface area contributed by atoms with Crippen LogP contribution in [0.1, 0.15) is 18.1 Å². The topological polar surface area (TPSA) is 55.4 Å². The van der Waals surface area contributed by atoms with Crippen LogP contribution >= 0.6 is 0 Å². The van der Waals surface area contributed by atoms with Gasteiger partial charge in [-0.25, -0.2) is 12.8 Å². The zero-order valence-corrected chi connectivity index (χ0v) is 13.5. The van der Waals surface area contributed by atoms with Gasteiger partial charge in [-0.3, -0.25) is 4.72 Å². The molecule has 4 nitrogen and oxygen atoms in total. The number of para-hydroxylation sites is 1. The van der Waals surface area contributed by atoms with Gasteiger partial charge in [0.2, 0.25) is 0 Å². The maximum Gasteiger partial charge on any atom is 0.265 e. The van der Waals surface area contributed by atoms with Crippen molar-refractivity contribution < 1.29 is 17.5 Å². The third-order valence-corrected chi connectivity index (χ3v) is 4.76. The molecular weight excluding hydrogens is 305 g/mol. The summed E-state index contributed by atoms with van der Waals surface area (Å²) >= 11 is 0. The smallest absolute Gasteiger partial charge is 0.265 e. The fourth-order valence-corrected chi connectivity index (χ4v) is 3.57. The number of rotatable bonds is 5. The molecule has 0 aliphatic heterocycles. The number of benzene rings is 2. The number of nitrogens with one attached hydrogen (secondary N) is 1. The predicted octanol–water partition coefficient (Wildman–Crippen LogP) is 3.51. The second kappa shape index (κ2) is 6.36. The molecular formula is C16H18FNO3S. The van der Waals surface area contributed by atoms with Crippen molar-refractivity contribution in [3.63, 3.8) is 0 Å². The van der Waals surface area contributed by atoms with Crippen LogP contribution in [0.25, 0.3) is 0 Å². The molecule has 2 aromatic carbocycles. The molecule has 0 heterocycles. The Balaban J connectivity index is 2.52. The second-order valence-corrected chi connectivity index (χ2v) is 6.51. The highest BCUT2D eigenvalue weighted by atomic mass is 32.2. The van der Waals surface area contributed by atoms with Crippen molar-refractivity contribution >= 4 is 15.7 Å². The summed E-state index contributed by atoms with van der Waals surface area (Å²) in [5.74, 6) is -0.540. The van der Waals surface area contributed by atoms with E-state index in [9.17, 15) is 12.8 Å². The monoisotopic (exact) mass is 323 g/mol. The van der Waals surface area contributed by atoms with Gasteiger partial charge >= 0.3 is 0 Å². The summed E-state index contributed by atoms with van der Waals surface area (Å²) in [5.41, 5.74) is 2.20. The minimum absolute atomic E-state index is 0.0977. The lowest BCUT2D eigenvalue weighted by Gasteiger charge is -2.16. The van der Waals surface area contributed by atoms with E-state index in [2.05, 4.69) is 4.72 Å². The first kappa shape index (κ1) is 16.3. The maximum atomic E-state index is 13.4. The van der Waals surface area contributed by atoms with Gasteiger partial charge in [-0.2, -0.15) is 0 Å². The molecule has 118 valence electrons. The SMILES string of the molecule is CCc1cccc(C)c1NS(=O)(=O)c1cc(F)ccc1OC. The highest BCUT2D eigenvalue weighted by Crippen LogP contribution is 2.29. The lowest BCUT2D eigenvalue weighted by molar-refractivity contribution is 0.401. The number of anilines is 1.